The average molecular weight is 266 g/mol. The maximum absolute atomic E-state index is 13.3. The quantitative estimate of drug-likeness (QED) is 0.861. The molecule has 0 aliphatic carbocycles. The van der Waals surface area contributed by atoms with Crippen LogP contribution in [-0.4, -0.2) is 9.55 Å². The van der Waals surface area contributed by atoms with Crippen LogP contribution in [0.2, 0.25) is 5.15 Å². The van der Waals surface area contributed by atoms with Crippen LogP contribution in [0, 0.1) is 5.82 Å². The Hall–Kier alpha value is -1.39. The van der Waals surface area contributed by atoms with Gasteiger partial charge in [0.15, 0.2) is 5.15 Å². The fourth-order valence-corrected chi connectivity index (χ4v) is 2.79. The van der Waals surface area contributed by atoms with Crippen molar-refractivity contribution in [2.24, 2.45) is 5.73 Å². The van der Waals surface area contributed by atoms with Crippen LogP contribution >= 0.6 is 11.6 Å². The van der Waals surface area contributed by atoms with E-state index in [1.807, 2.05) is 10.6 Å². The van der Waals surface area contributed by atoms with Crippen molar-refractivity contribution in [2.75, 3.05) is 0 Å². The fraction of sp³-hybridized carbons (Fsp3) is 0.308. The van der Waals surface area contributed by atoms with Crippen LogP contribution < -0.4 is 5.73 Å². The van der Waals surface area contributed by atoms with Gasteiger partial charge in [0.2, 0.25) is 0 Å². The molecule has 1 aromatic heterocycles. The summed E-state index contributed by atoms with van der Waals surface area (Å²) in [4.78, 5) is 4.34. The zero-order valence-electron chi connectivity index (χ0n) is 9.74. The second-order valence-corrected chi connectivity index (χ2v) is 4.88. The molecule has 0 spiro atoms. The second kappa shape index (κ2) is 4.37. The van der Waals surface area contributed by atoms with Gasteiger partial charge >= 0.3 is 0 Å². The Morgan fingerprint density at radius 1 is 1.44 bits per heavy atom. The predicted molar refractivity (Wildman–Crippen MR) is 68.8 cm³/mol. The topological polar surface area (TPSA) is 43.8 Å². The minimum atomic E-state index is -0.277. The van der Waals surface area contributed by atoms with Crippen LogP contribution in [0.4, 0.5) is 4.39 Å². The molecule has 2 N–H and O–H groups in total. The molecule has 0 radical (unpaired) electrons. The molecule has 1 aliphatic rings. The number of nitrogens with zero attached hydrogens (tertiary/aromatic N) is 2. The first-order chi connectivity index (χ1) is 8.66. The molecule has 1 unspecified atom stereocenters. The molecule has 1 aliphatic heterocycles. The van der Waals surface area contributed by atoms with Crippen molar-refractivity contribution in [3.63, 3.8) is 0 Å². The van der Waals surface area contributed by atoms with Gasteiger partial charge in [-0.05, 0) is 25.0 Å². The molecule has 0 amide bonds. The largest absolute Gasteiger partial charge is 0.325 e. The van der Waals surface area contributed by atoms with E-state index in [1.54, 1.807) is 6.07 Å². The van der Waals surface area contributed by atoms with Crippen LogP contribution in [0.25, 0.3) is 11.4 Å². The van der Waals surface area contributed by atoms with E-state index in [4.69, 9.17) is 17.3 Å². The summed E-state index contributed by atoms with van der Waals surface area (Å²) in [5.41, 5.74) is 7.65. The third kappa shape index (κ3) is 1.82. The van der Waals surface area contributed by atoms with Gasteiger partial charge in [0.25, 0.3) is 0 Å². The van der Waals surface area contributed by atoms with Crippen LogP contribution in [0.15, 0.2) is 24.3 Å². The van der Waals surface area contributed by atoms with Gasteiger partial charge in [-0.3, -0.25) is 0 Å². The van der Waals surface area contributed by atoms with Gasteiger partial charge in [-0.25, -0.2) is 9.37 Å². The van der Waals surface area contributed by atoms with E-state index >= 15 is 0 Å². The third-order valence-electron chi connectivity index (χ3n) is 3.29. The minimum absolute atomic E-state index is 0.0824. The highest BCUT2D eigenvalue weighted by molar-refractivity contribution is 6.30. The van der Waals surface area contributed by atoms with E-state index < -0.39 is 0 Å². The zero-order valence-corrected chi connectivity index (χ0v) is 10.5. The van der Waals surface area contributed by atoms with E-state index in [1.165, 1.54) is 12.1 Å². The highest BCUT2D eigenvalue weighted by Crippen LogP contribution is 2.34. The van der Waals surface area contributed by atoms with E-state index in [9.17, 15) is 4.39 Å². The molecule has 5 heteroatoms. The number of benzene rings is 1. The molecule has 2 heterocycles. The molecule has 2 aromatic rings. The minimum Gasteiger partial charge on any atom is -0.325 e. The number of rotatable bonds is 1. The monoisotopic (exact) mass is 265 g/mol. The maximum Gasteiger partial charge on any atom is 0.152 e. The number of fused-ring (bicyclic) bond motifs is 1. The van der Waals surface area contributed by atoms with Crippen molar-refractivity contribution in [1.82, 2.24) is 9.55 Å². The van der Waals surface area contributed by atoms with Crippen molar-refractivity contribution < 1.29 is 4.39 Å². The standard InChI is InChI=1S/C13H13ClFN3/c14-12-11-10(16)5-2-6-18(11)13(17-12)8-3-1-4-9(15)7-8/h1,3-4,7,10H,2,5-6,16H2. The molecule has 0 saturated carbocycles. The van der Waals surface area contributed by atoms with Crippen molar-refractivity contribution in [3.05, 3.63) is 40.9 Å². The summed E-state index contributed by atoms with van der Waals surface area (Å²) in [6.07, 6.45) is 1.90. The first-order valence-electron chi connectivity index (χ1n) is 5.94. The summed E-state index contributed by atoms with van der Waals surface area (Å²) >= 11 is 6.14. The van der Waals surface area contributed by atoms with Crippen molar-refractivity contribution in [1.29, 1.82) is 0 Å². The van der Waals surface area contributed by atoms with Crippen molar-refractivity contribution in [3.8, 4) is 11.4 Å². The first kappa shape index (κ1) is 11.7. The summed E-state index contributed by atoms with van der Waals surface area (Å²) in [6, 6.07) is 6.29. The van der Waals surface area contributed by atoms with Crippen LogP contribution in [0.5, 0.6) is 0 Å². The molecule has 3 nitrogen and oxygen atoms in total. The first-order valence-corrected chi connectivity index (χ1v) is 6.32. The second-order valence-electron chi connectivity index (χ2n) is 4.52. The summed E-state index contributed by atoms with van der Waals surface area (Å²) < 4.78 is 15.3. The lowest BCUT2D eigenvalue weighted by Crippen LogP contribution is -2.22. The summed E-state index contributed by atoms with van der Waals surface area (Å²) in [7, 11) is 0. The molecule has 0 fully saturated rings. The van der Waals surface area contributed by atoms with Crippen LogP contribution in [0.3, 0.4) is 0 Å². The van der Waals surface area contributed by atoms with Gasteiger partial charge in [-0.15, -0.1) is 0 Å². The fourth-order valence-electron chi connectivity index (χ4n) is 2.47. The van der Waals surface area contributed by atoms with Gasteiger partial charge in [-0.2, -0.15) is 0 Å². The molecular formula is C13H13ClFN3. The normalized spacial score (nSPS) is 18.7. The zero-order chi connectivity index (χ0) is 12.7. The lowest BCUT2D eigenvalue weighted by molar-refractivity contribution is 0.466. The number of hydrogen-bond acceptors (Lipinski definition) is 2. The van der Waals surface area contributed by atoms with E-state index in [0.717, 1.165) is 30.6 Å². The predicted octanol–water partition coefficient (Wildman–Crippen LogP) is 3.14. The summed E-state index contributed by atoms with van der Waals surface area (Å²) in [6.45, 7) is 0.828. The molecule has 0 bridgehead atoms. The maximum atomic E-state index is 13.3. The van der Waals surface area contributed by atoms with Crippen molar-refractivity contribution >= 4 is 11.6 Å². The SMILES string of the molecule is NC1CCCn2c(-c3cccc(F)c3)nc(Cl)c21. The Kier molecular flexibility index (Phi) is 2.84. The Labute approximate surface area is 109 Å². The Bertz CT molecular complexity index is 594. The van der Waals surface area contributed by atoms with Gasteiger partial charge in [-0.1, -0.05) is 23.7 Å². The number of imidazole rings is 1. The average Bonchev–Trinajstić information content (AvgIpc) is 2.68. The van der Waals surface area contributed by atoms with E-state index in [-0.39, 0.29) is 11.9 Å². The van der Waals surface area contributed by atoms with E-state index in [0.29, 0.717) is 11.0 Å². The summed E-state index contributed by atoms with van der Waals surface area (Å²) in [5, 5.41) is 0.432. The third-order valence-corrected chi connectivity index (χ3v) is 3.57. The Balaban J connectivity index is 2.16. The number of nitrogens with two attached hydrogens (primary N) is 1. The van der Waals surface area contributed by atoms with E-state index in [2.05, 4.69) is 4.98 Å². The lowest BCUT2D eigenvalue weighted by atomic mass is 10.1. The van der Waals surface area contributed by atoms with Crippen LogP contribution in [0.1, 0.15) is 24.6 Å². The number of aromatic nitrogens is 2. The highest BCUT2D eigenvalue weighted by Gasteiger charge is 2.25. The summed E-state index contributed by atoms with van der Waals surface area (Å²) in [5.74, 6) is 0.422. The smallest absolute Gasteiger partial charge is 0.152 e. The number of hydrogen-bond donors (Lipinski definition) is 1. The molecule has 18 heavy (non-hydrogen) atoms. The van der Waals surface area contributed by atoms with Crippen LogP contribution in [-0.2, 0) is 6.54 Å². The van der Waals surface area contributed by atoms with Gasteiger partial charge in [0.1, 0.15) is 11.6 Å². The molecule has 94 valence electrons. The van der Waals surface area contributed by atoms with Crippen molar-refractivity contribution in [2.45, 2.75) is 25.4 Å². The molecular weight excluding hydrogens is 253 g/mol. The lowest BCUT2D eigenvalue weighted by Gasteiger charge is -2.22. The Morgan fingerprint density at radius 3 is 3.06 bits per heavy atom. The number of halogens is 2. The van der Waals surface area contributed by atoms with Gasteiger partial charge in [0, 0.05) is 18.2 Å². The molecule has 1 aromatic carbocycles. The Morgan fingerprint density at radius 2 is 2.28 bits per heavy atom. The molecule has 3 rings (SSSR count). The van der Waals surface area contributed by atoms with Gasteiger partial charge < -0.3 is 10.3 Å². The molecule has 0 saturated heterocycles. The highest BCUT2D eigenvalue weighted by atomic mass is 35.5. The van der Waals surface area contributed by atoms with Gasteiger partial charge in [0.05, 0.1) is 5.69 Å². The molecule has 1 atom stereocenters.